The molecule has 0 aliphatic rings. The highest BCUT2D eigenvalue weighted by Gasteiger charge is 2.07. The van der Waals surface area contributed by atoms with Crippen molar-refractivity contribution in [2.75, 3.05) is 18.1 Å². The molecule has 0 unspecified atom stereocenters. The van der Waals surface area contributed by atoms with E-state index in [2.05, 4.69) is 21.4 Å². The average molecular weight is 417 g/mol. The number of nitrogens with zero attached hydrogens (tertiary/aromatic N) is 2. The van der Waals surface area contributed by atoms with E-state index in [1.807, 2.05) is 36.4 Å². The molecule has 8 heteroatoms. The summed E-state index contributed by atoms with van der Waals surface area (Å²) >= 11 is 9.01. The fourth-order valence-corrected chi connectivity index (χ4v) is 4.16. The van der Waals surface area contributed by atoms with E-state index in [1.54, 1.807) is 17.8 Å². The second-order valence-electron chi connectivity index (χ2n) is 5.66. The molecule has 27 heavy (non-hydrogen) atoms. The molecule has 0 radical (unpaired) electrons. The lowest BCUT2D eigenvalue weighted by Crippen LogP contribution is -2.27. The molecule has 0 aliphatic heterocycles. The number of imidazole rings is 1. The first-order valence-corrected chi connectivity index (χ1v) is 10.8. The number of aromatic nitrogens is 2. The lowest BCUT2D eigenvalue weighted by Gasteiger charge is -2.05. The summed E-state index contributed by atoms with van der Waals surface area (Å²) < 4.78 is 0. The van der Waals surface area contributed by atoms with Gasteiger partial charge in [0.15, 0.2) is 5.16 Å². The minimum absolute atomic E-state index is 0.0310. The summed E-state index contributed by atoms with van der Waals surface area (Å²) in [7, 11) is 0. The van der Waals surface area contributed by atoms with Gasteiger partial charge in [0.1, 0.15) is 0 Å². The normalized spacial score (nSPS) is 10.7. The first-order valence-electron chi connectivity index (χ1n) is 8.26. The minimum Gasteiger partial charge on any atom is -0.355 e. The van der Waals surface area contributed by atoms with Gasteiger partial charge in [-0.05, 0) is 29.8 Å². The van der Waals surface area contributed by atoms with Crippen molar-refractivity contribution < 1.29 is 4.79 Å². The fourth-order valence-electron chi connectivity index (χ4n) is 2.41. The van der Waals surface area contributed by atoms with Gasteiger partial charge in [-0.1, -0.05) is 41.6 Å². The molecule has 1 aromatic heterocycles. The van der Waals surface area contributed by atoms with Crippen molar-refractivity contribution in [3.8, 4) is 6.07 Å². The molecular weight excluding hydrogens is 400 g/mol. The maximum Gasteiger partial charge on any atom is 0.230 e. The number of nitrogens with one attached hydrogen (secondary N) is 2. The van der Waals surface area contributed by atoms with Gasteiger partial charge in [-0.25, -0.2) is 4.98 Å². The number of amides is 1. The van der Waals surface area contributed by atoms with E-state index < -0.39 is 0 Å². The second kappa shape index (κ2) is 9.70. The number of aromatic amines is 1. The van der Waals surface area contributed by atoms with Crippen molar-refractivity contribution in [2.45, 2.75) is 10.9 Å². The number of H-pyrrole nitrogens is 1. The highest BCUT2D eigenvalue weighted by molar-refractivity contribution is 7.99. The Morgan fingerprint density at radius 3 is 3.00 bits per heavy atom. The molecule has 0 saturated heterocycles. The molecule has 0 fully saturated rings. The minimum atomic E-state index is -0.0310. The summed E-state index contributed by atoms with van der Waals surface area (Å²) in [5.74, 6) is 1.82. The number of hydrogen-bond donors (Lipinski definition) is 2. The van der Waals surface area contributed by atoms with Crippen LogP contribution in [0.25, 0.3) is 11.0 Å². The van der Waals surface area contributed by atoms with E-state index in [4.69, 9.17) is 16.9 Å². The lowest BCUT2D eigenvalue weighted by molar-refractivity contribution is -0.118. The largest absolute Gasteiger partial charge is 0.355 e. The Hall–Kier alpha value is -2.14. The molecule has 0 bridgehead atoms. The predicted octanol–water partition coefficient (Wildman–Crippen LogP) is 4.23. The van der Waals surface area contributed by atoms with E-state index >= 15 is 0 Å². The molecule has 0 aliphatic carbocycles. The quantitative estimate of drug-likeness (QED) is 0.424. The van der Waals surface area contributed by atoms with Crippen LogP contribution in [0.3, 0.4) is 0 Å². The molecule has 2 N–H and O–H groups in total. The van der Waals surface area contributed by atoms with E-state index in [0.717, 1.165) is 28.1 Å². The van der Waals surface area contributed by atoms with Gasteiger partial charge in [0.2, 0.25) is 5.91 Å². The first-order chi connectivity index (χ1) is 13.2. The summed E-state index contributed by atoms with van der Waals surface area (Å²) in [6, 6.07) is 15.2. The van der Waals surface area contributed by atoms with Crippen molar-refractivity contribution in [1.29, 1.82) is 5.26 Å². The summed E-state index contributed by atoms with van der Waals surface area (Å²) in [6.45, 7) is 0.592. The monoisotopic (exact) mass is 416 g/mol. The number of fused-ring (bicyclic) bond motifs is 1. The molecule has 138 valence electrons. The highest BCUT2D eigenvalue weighted by atomic mass is 35.5. The van der Waals surface area contributed by atoms with Crippen LogP contribution >= 0.6 is 35.1 Å². The predicted molar refractivity (Wildman–Crippen MR) is 112 cm³/mol. The molecule has 1 amide bonds. The Bertz CT molecular complexity index is 983. The SMILES string of the molecule is N#Cc1ccccc1CSCCNC(=O)CSc1nc2ccc(Cl)cc2[nH]1. The topological polar surface area (TPSA) is 81.6 Å². The van der Waals surface area contributed by atoms with E-state index in [0.29, 0.717) is 28.0 Å². The third kappa shape index (κ3) is 5.67. The van der Waals surface area contributed by atoms with E-state index in [9.17, 15) is 4.79 Å². The Balaban J connectivity index is 1.36. The summed E-state index contributed by atoms with van der Waals surface area (Å²) in [5.41, 5.74) is 3.42. The van der Waals surface area contributed by atoms with E-state index in [1.165, 1.54) is 11.8 Å². The zero-order chi connectivity index (χ0) is 19.1. The maximum atomic E-state index is 12.0. The number of thioether (sulfide) groups is 2. The summed E-state index contributed by atoms with van der Waals surface area (Å²) in [6.07, 6.45) is 0. The highest BCUT2D eigenvalue weighted by Crippen LogP contribution is 2.22. The standard InChI is InChI=1S/C19H17ClN4OS2/c20-15-5-6-16-17(9-15)24-19(23-16)27-12-18(25)22-7-8-26-11-14-4-2-1-3-13(14)10-21/h1-6,9H,7-8,11-12H2,(H,22,25)(H,23,24). The Kier molecular flexibility index (Phi) is 7.04. The zero-order valence-corrected chi connectivity index (χ0v) is 16.8. The van der Waals surface area contributed by atoms with Gasteiger partial charge in [-0.15, -0.1) is 0 Å². The maximum absolute atomic E-state index is 12.0. The van der Waals surface area contributed by atoms with Crippen molar-refractivity contribution in [1.82, 2.24) is 15.3 Å². The third-order valence-electron chi connectivity index (χ3n) is 3.73. The smallest absolute Gasteiger partial charge is 0.230 e. The molecule has 0 spiro atoms. The van der Waals surface area contributed by atoms with Crippen LogP contribution in [0.1, 0.15) is 11.1 Å². The number of nitriles is 1. The van der Waals surface area contributed by atoms with E-state index in [-0.39, 0.29) is 5.91 Å². The molecule has 3 rings (SSSR count). The zero-order valence-electron chi connectivity index (χ0n) is 14.4. The first kappa shape index (κ1) is 19.6. The molecule has 2 aromatic carbocycles. The number of carbonyl (C=O) groups excluding carboxylic acids is 1. The van der Waals surface area contributed by atoms with Gasteiger partial charge < -0.3 is 10.3 Å². The molecule has 0 atom stereocenters. The van der Waals surface area contributed by atoms with Crippen molar-refractivity contribution in [2.24, 2.45) is 0 Å². The van der Waals surface area contributed by atoms with Crippen LogP contribution < -0.4 is 5.32 Å². The van der Waals surface area contributed by atoms with Crippen LogP contribution in [0, 0.1) is 11.3 Å². The van der Waals surface area contributed by atoms with Gasteiger partial charge >= 0.3 is 0 Å². The number of carbonyl (C=O) groups is 1. The average Bonchev–Trinajstić information content (AvgIpc) is 3.08. The van der Waals surface area contributed by atoms with Crippen LogP contribution in [-0.2, 0) is 10.5 Å². The van der Waals surface area contributed by atoms with Gasteiger partial charge in [0, 0.05) is 23.1 Å². The molecular formula is C19H17ClN4OS2. The van der Waals surface area contributed by atoms with Crippen LogP contribution in [0.15, 0.2) is 47.6 Å². The number of benzene rings is 2. The third-order valence-corrected chi connectivity index (χ3v) is 5.84. The van der Waals surface area contributed by atoms with Crippen LogP contribution in [0.2, 0.25) is 5.02 Å². The summed E-state index contributed by atoms with van der Waals surface area (Å²) in [4.78, 5) is 19.5. The van der Waals surface area contributed by atoms with Crippen LogP contribution in [0.4, 0.5) is 0 Å². The Morgan fingerprint density at radius 1 is 1.30 bits per heavy atom. The molecule has 1 heterocycles. The van der Waals surface area contributed by atoms with Gasteiger partial charge in [-0.2, -0.15) is 17.0 Å². The van der Waals surface area contributed by atoms with Crippen molar-refractivity contribution in [3.05, 3.63) is 58.6 Å². The van der Waals surface area contributed by atoms with Crippen LogP contribution in [0.5, 0.6) is 0 Å². The lowest BCUT2D eigenvalue weighted by atomic mass is 10.1. The Labute approximate surface area is 170 Å². The number of hydrogen-bond acceptors (Lipinski definition) is 5. The molecule has 3 aromatic rings. The number of rotatable bonds is 8. The fraction of sp³-hybridized carbons (Fsp3) is 0.211. The van der Waals surface area contributed by atoms with Gasteiger partial charge in [0.25, 0.3) is 0 Å². The Morgan fingerprint density at radius 2 is 2.15 bits per heavy atom. The molecule has 5 nitrogen and oxygen atoms in total. The molecule has 0 saturated carbocycles. The van der Waals surface area contributed by atoms with Crippen molar-refractivity contribution in [3.63, 3.8) is 0 Å². The van der Waals surface area contributed by atoms with Gasteiger partial charge in [-0.3, -0.25) is 4.79 Å². The summed E-state index contributed by atoms with van der Waals surface area (Å²) in [5, 5.41) is 13.3. The van der Waals surface area contributed by atoms with Crippen molar-refractivity contribution >= 4 is 52.1 Å². The van der Waals surface area contributed by atoms with Gasteiger partial charge in [0.05, 0.1) is 28.4 Å². The van der Waals surface area contributed by atoms with Crippen LogP contribution in [-0.4, -0.2) is 33.9 Å². The number of halogens is 1. The second-order valence-corrected chi connectivity index (χ2v) is 8.17.